The van der Waals surface area contributed by atoms with E-state index in [1.165, 1.54) is 41.7 Å². The van der Waals surface area contributed by atoms with Crippen LogP contribution in [0, 0.1) is 0 Å². The number of thiophene rings is 1. The van der Waals surface area contributed by atoms with Crippen LogP contribution in [0.5, 0.6) is 0 Å². The van der Waals surface area contributed by atoms with Crippen molar-refractivity contribution in [1.82, 2.24) is 19.5 Å². The summed E-state index contributed by atoms with van der Waals surface area (Å²) in [6.07, 6.45) is 0. The van der Waals surface area contributed by atoms with Crippen LogP contribution < -0.4 is 0 Å². The van der Waals surface area contributed by atoms with E-state index >= 15 is 0 Å². The molecule has 302 valence electrons. The number of fused-ring (bicyclic) bond motifs is 12. The number of nitrogens with zero attached hydrogens (tertiary/aromatic N) is 4. The summed E-state index contributed by atoms with van der Waals surface area (Å²) in [6.45, 7) is 0. The molecule has 0 spiro atoms. The first-order chi connectivity index (χ1) is 32.2. The van der Waals surface area contributed by atoms with E-state index in [2.05, 4.69) is 199 Å². The van der Waals surface area contributed by atoms with Gasteiger partial charge in [-0.3, -0.25) is 0 Å². The second-order valence-electron chi connectivity index (χ2n) is 16.7. The number of benzene rings is 10. The number of furan rings is 1. The molecule has 0 unspecified atom stereocenters. The van der Waals surface area contributed by atoms with E-state index in [4.69, 9.17) is 19.4 Å². The number of hydrogen-bond acceptors (Lipinski definition) is 5. The van der Waals surface area contributed by atoms with Gasteiger partial charge >= 0.3 is 0 Å². The van der Waals surface area contributed by atoms with Gasteiger partial charge in [-0.25, -0.2) is 15.0 Å². The predicted octanol–water partition coefficient (Wildman–Crippen LogP) is 16.2. The van der Waals surface area contributed by atoms with Crippen LogP contribution >= 0.6 is 11.3 Å². The number of para-hydroxylation sites is 2. The standard InChI is InChI=1S/C59H34N4OS/c1-2-15-35(16-3-1)36-19-14-20-39(31-36)57-60-58(40-29-30-52-47(33-40)42-22-10-13-28-51(42)65-52)62-59(61-57)54-43-23-6-7-24-44(43)56-53(45-25-9-12-27-50(45)64-56)55(54)63-48-26-11-8-21-41(48)46-32-37-17-4-5-18-38(37)34-49(46)63/h1-34H. The molecule has 0 aliphatic rings. The smallest absolute Gasteiger partial charge is 0.166 e. The van der Waals surface area contributed by atoms with E-state index in [1.807, 2.05) is 23.5 Å². The summed E-state index contributed by atoms with van der Waals surface area (Å²) in [5, 5.41) is 11.1. The van der Waals surface area contributed by atoms with Crippen LogP contribution in [0.25, 0.3) is 136 Å². The highest BCUT2D eigenvalue weighted by molar-refractivity contribution is 7.25. The van der Waals surface area contributed by atoms with Gasteiger partial charge in [-0.2, -0.15) is 0 Å². The molecule has 0 aliphatic carbocycles. The van der Waals surface area contributed by atoms with Gasteiger partial charge in [0.15, 0.2) is 17.5 Å². The summed E-state index contributed by atoms with van der Waals surface area (Å²) in [7, 11) is 0. The van der Waals surface area contributed by atoms with Gasteiger partial charge in [-0.1, -0.05) is 152 Å². The molecule has 6 heteroatoms. The minimum atomic E-state index is 0.579. The van der Waals surface area contributed by atoms with Crippen LogP contribution in [0.3, 0.4) is 0 Å². The van der Waals surface area contributed by atoms with Crippen molar-refractivity contribution < 1.29 is 4.42 Å². The maximum atomic E-state index is 6.93. The largest absolute Gasteiger partial charge is 0.455 e. The van der Waals surface area contributed by atoms with Crippen LogP contribution in [-0.4, -0.2) is 19.5 Å². The summed E-state index contributed by atoms with van der Waals surface area (Å²) in [5.41, 5.74) is 9.74. The van der Waals surface area contributed by atoms with Gasteiger partial charge in [0.2, 0.25) is 0 Å². The highest BCUT2D eigenvalue weighted by Crippen LogP contribution is 2.48. The molecular formula is C59H34N4OS. The fraction of sp³-hybridized carbons (Fsp3) is 0. The van der Waals surface area contributed by atoms with Gasteiger partial charge in [0, 0.05) is 52.8 Å². The van der Waals surface area contributed by atoms with E-state index < -0.39 is 0 Å². The lowest BCUT2D eigenvalue weighted by Crippen LogP contribution is -2.05. The van der Waals surface area contributed by atoms with E-state index in [0.717, 1.165) is 77.2 Å². The Kier molecular flexibility index (Phi) is 7.79. The maximum Gasteiger partial charge on any atom is 0.166 e. The molecule has 14 rings (SSSR count). The van der Waals surface area contributed by atoms with Crippen LogP contribution in [0.4, 0.5) is 0 Å². The first kappa shape index (κ1) is 36.1. The van der Waals surface area contributed by atoms with Crippen molar-refractivity contribution >= 4 is 96.8 Å². The third kappa shape index (κ3) is 5.54. The fourth-order valence-corrected chi connectivity index (χ4v) is 11.1. The Labute approximate surface area is 376 Å². The summed E-state index contributed by atoms with van der Waals surface area (Å²) < 4.78 is 11.9. The minimum Gasteiger partial charge on any atom is -0.455 e. The van der Waals surface area contributed by atoms with E-state index in [0.29, 0.717) is 17.5 Å². The van der Waals surface area contributed by atoms with Crippen LogP contribution in [0.15, 0.2) is 211 Å². The molecular weight excluding hydrogens is 813 g/mol. The molecule has 0 fully saturated rings. The van der Waals surface area contributed by atoms with Crippen molar-refractivity contribution in [3.05, 3.63) is 206 Å². The van der Waals surface area contributed by atoms with E-state index in [-0.39, 0.29) is 0 Å². The van der Waals surface area contributed by atoms with Crippen LogP contribution in [0.2, 0.25) is 0 Å². The molecule has 0 saturated heterocycles. The summed E-state index contributed by atoms with van der Waals surface area (Å²) in [6, 6.07) is 73.2. The number of aromatic nitrogens is 4. The molecule has 0 radical (unpaired) electrons. The number of hydrogen-bond donors (Lipinski definition) is 0. The molecule has 4 heterocycles. The lowest BCUT2D eigenvalue weighted by atomic mass is 9.96. The monoisotopic (exact) mass is 846 g/mol. The fourth-order valence-electron chi connectivity index (χ4n) is 10.0. The molecule has 0 saturated carbocycles. The highest BCUT2D eigenvalue weighted by Gasteiger charge is 2.28. The predicted molar refractivity (Wildman–Crippen MR) is 271 cm³/mol. The van der Waals surface area contributed by atoms with Gasteiger partial charge in [-0.15, -0.1) is 11.3 Å². The number of rotatable bonds is 5. The van der Waals surface area contributed by atoms with Gasteiger partial charge in [0.1, 0.15) is 11.2 Å². The van der Waals surface area contributed by atoms with Crippen molar-refractivity contribution in [2.75, 3.05) is 0 Å². The van der Waals surface area contributed by atoms with Crippen molar-refractivity contribution in [2.45, 2.75) is 0 Å². The van der Waals surface area contributed by atoms with Gasteiger partial charge in [0.05, 0.1) is 27.7 Å². The molecule has 10 aromatic carbocycles. The van der Waals surface area contributed by atoms with Crippen molar-refractivity contribution in [2.24, 2.45) is 0 Å². The molecule has 0 aliphatic heterocycles. The average Bonchev–Trinajstić information content (AvgIpc) is 4.05. The van der Waals surface area contributed by atoms with Crippen LogP contribution in [-0.2, 0) is 0 Å². The zero-order valence-corrected chi connectivity index (χ0v) is 35.6. The Morgan fingerprint density at radius 2 is 0.985 bits per heavy atom. The van der Waals surface area contributed by atoms with Gasteiger partial charge in [-0.05, 0) is 81.9 Å². The molecule has 4 aromatic heterocycles. The van der Waals surface area contributed by atoms with Crippen molar-refractivity contribution in [3.8, 4) is 51.0 Å². The Balaban J connectivity index is 1.15. The Morgan fingerprint density at radius 3 is 1.83 bits per heavy atom. The highest BCUT2D eigenvalue weighted by atomic mass is 32.1. The first-order valence-corrected chi connectivity index (χ1v) is 22.7. The quantitative estimate of drug-likeness (QED) is 0.173. The normalized spacial score (nSPS) is 12.0. The maximum absolute atomic E-state index is 6.93. The lowest BCUT2D eigenvalue weighted by molar-refractivity contribution is 0.672. The zero-order chi connectivity index (χ0) is 42.6. The lowest BCUT2D eigenvalue weighted by Gasteiger charge is -2.19. The van der Waals surface area contributed by atoms with Crippen LogP contribution in [0.1, 0.15) is 0 Å². The zero-order valence-electron chi connectivity index (χ0n) is 34.7. The molecule has 0 N–H and O–H groups in total. The van der Waals surface area contributed by atoms with E-state index in [9.17, 15) is 0 Å². The molecule has 65 heavy (non-hydrogen) atoms. The van der Waals surface area contributed by atoms with E-state index in [1.54, 1.807) is 0 Å². The second-order valence-corrected chi connectivity index (χ2v) is 17.8. The van der Waals surface area contributed by atoms with Crippen molar-refractivity contribution in [3.63, 3.8) is 0 Å². The Bertz CT molecular complexity index is 4260. The van der Waals surface area contributed by atoms with Gasteiger partial charge in [0.25, 0.3) is 0 Å². The third-order valence-electron chi connectivity index (χ3n) is 13.0. The summed E-state index contributed by atoms with van der Waals surface area (Å²) in [5.74, 6) is 1.78. The molecule has 0 atom stereocenters. The topological polar surface area (TPSA) is 56.7 Å². The Morgan fingerprint density at radius 1 is 0.369 bits per heavy atom. The SMILES string of the molecule is c1ccc(-c2cccc(-c3nc(-c4ccc5sc6ccccc6c5c4)nc(-c4c(-n5c6ccccc6c6cc7ccccc7cc65)c5c6ccccc6oc5c5ccccc45)n3)c2)cc1. The minimum absolute atomic E-state index is 0.579. The second kappa shape index (κ2) is 14.0. The Hall–Kier alpha value is -8.45. The summed E-state index contributed by atoms with van der Waals surface area (Å²) in [4.78, 5) is 16.5. The van der Waals surface area contributed by atoms with Gasteiger partial charge < -0.3 is 8.98 Å². The molecule has 0 amide bonds. The molecule has 0 bridgehead atoms. The average molecular weight is 847 g/mol. The summed E-state index contributed by atoms with van der Waals surface area (Å²) >= 11 is 1.81. The molecule has 14 aromatic rings. The van der Waals surface area contributed by atoms with Crippen molar-refractivity contribution in [1.29, 1.82) is 0 Å². The first-order valence-electron chi connectivity index (χ1n) is 21.8. The third-order valence-corrected chi connectivity index (χ3v) is 14.1. The molecule has 5 nitrogen and oxygen atoms in total.